The van der Waals surface area contributed by atoms with Crippen LogP contribution in [0, 0.1) is 0 Å². The molecule has 1 aromatic carbocycles. The van der Waals surface area contributed by atoms with Crippen LogP contribution in [0.15, 0.2) is 22.7 Å². The van der Waals surface area contributed by atoms with E-state index >= 15 is 0 Å². The Labute approximate surface area is 123 Å². The summed E-state index contributed by atoms with van der Waals surface area (Å²) in [4.78, 5) is 6.55. The Morgan fingerprint density at radius 1 is 1.19 bits per heavy atom. The number of ether oxygens (including phenoxy) is 1. The Bertz CT molecular complexity index is 604. The highest BCUT2D eigenvalue weighted by Crippen LogP contribution is 2.36. The van der Waals surface area contributed by atoms with E-state index in [9.17, 15) is 5.11 Å². The zero-order valence-corrected chi connectivity index (χ0v) is 12.1. The lowest BCUT2D eigenvalue weighted by Crippen LogP contribution is -2.24. The lowest BCUT2D eigenvalue weighted by molar-refractivity contribution is 0.371. The van der Waals surface area contributed by atoms with Gasteiger partial charge >= 0.3 is 0 Å². The number of benzene rings is 1. The highest BCUT2D eigenvalue weighted by atomic mass is 16.5. The first-order chi connectivity index (χ1) is 10.3. The quantitative estimate of drug-likeness (QED) is 0.936. The Morgan fingerprint density at radius 2 is 1.95 bits per heavy atom. The van der Waals surface area contributed by atoms with Crippen LogP contribution in [-0.4, -0.2) is 35.4 Å². The summed E-state index contributed by atoms with van der Waals surface area (Å²) < 4.78 is 10.4. The predicted octanol–water partition coefficient (Wildman–Crippen LogP) is 2.83. The monoisotopic (exact) mass is 289 g/mol. The van der Waals surface area contributed by atoms with Crippen LogP contribution >= 0.6 is 0 Å². The summed E-state index contributed by atoms with van der Waals surface area (Å²) in [7, 11) is 1.51. The molecule has 0 atom stereocenters. The summed E-state index contributed by atoms with van der Waals surface area (Å²) in [5.41, 5.74) is 0.489. The number of rotatable bonds is 3. The minimum absolute atomic E-state index is 0.0195. The summed E-state index contributed by atoms with van der Waals surface area (Å²) >= 11 is 0. The number of nitrogens with zero attached hydrogens (tertiary/aromatic N) is 3. The van der Waals surface area contributed by atoms with Gasteiger partial charge in [0, 0.05) is 13.1 Å². The van der Waals surface area contributed by atoms with Gasteiger partial charge in [-0.25, -0.2) is 0 Å². The average Bonchev–Trinajstić information content (AvgIpc) is 2.83. The van der Waals surface area contributed by atoms with Gasteiger partial charge < -0.3 is 19.3 Å². The van der Waals surface area contributed by atoms with Crippen LogP contribution in [0.2, 0.25) is 0 Å². The third kappa shape index (κ3) is 2.79. The van der Waals surface area contributed by atoms with E-state index in [1.54, 1.807) is 18.2 Å². The molecular formula is C15H19N3O3. The molecule has 0 unspecified atom stereocenters. The molecule has 6 nitrogen and oxygen atoms in total. The van der Waals surface area contributed by atoms with Crippen molar-refractivity contribution >= 4 is 5.95 Å². The van der Waals surface area contributed by atoms with Crippen molar-refractivity contribution in [1.82, 2.24) is 10.1 Å². The number of hydrogen-bond acceptors (Lipinski definition) is 6. The molecule has 3 rings (SSSR count). The van der Waals surface area contributed by atoms with E-state index in [2.05, 4.69) is 15.0 Å². The summed E-state index contributed by atoms with van der Waals surface area (Å²) in [5.74, 6) is 1.31. The van der Waals surface area contributed by atoms with Gasteiger partial charge in [0.05, 0.1) is 12.7 Å². The van der Waals surface area contributed by atoms with Crippen LogP contribution in [0.4, 0.5) is 5.95 Å². The van der Waals surface area contributed by atoms with Crippen molar-refractivity contribution in [2.75, 3.05) is 25.1 Å². The fourth-order valence-corrected chi connectivity index (χ4v) is 2.58. The number of hydrogen-bond donors (Lipinski definition) is 1. The molecule has 1 aromatic heterocycles. The summed E-state index contributed by atoms with van der Waals surface area (Å²) in [6, 6.07) is 5.20. The van der Waals surface area contributed by atoms with E-state index in [1.807, 2.05) is 0 Å². The molecule has 0 bridgehead atoms. The Balaban J connectivity index is 1.87. The fraction of sp³-hybridized carbons (Fsp3) is 0.467. The van der Waals surface area contributed by atoms with E-state index in [1.165, 1.54) is 20.0 Å². The molecule has 1 saturated heterocycles. The molecule has 0 radical (unpaired) electrons. The van der Waals surface area contributed by atoms with E-state index in [4.69, 9.17) is 9.26 Å². The van der Waals surface area contributed by atoms with Crippen LogP contribution < -0.4 is 9.64 Å². The Kier molecular flexibility index (Phi) is 3.94. The van der Waals surface area contributed by atoms with Crippen molar-refractivity contribution in [1.29, 1.82) is 0 Å². The van der Waals surface area contributed by atoms with Crippen molar-refractivity contribution in [3.63, 3.8) is 0 Å². The van der Waals surface area contributed by atoms with Crippen LogP contribution in [0.5, 0.6) is 11.5 Å². The first-order valence-corrected chi connectivity index (χ1v) is 7.24. The SMILES string of the molecule is COc1cccc(-c2nc(N3CCCCCC3)no2)c1O. The molecule has 6 heteroatoms. The highest BCUT2D eigenvalue weighted by molar-refractivity contribution is 5.67. The fourth-order valence-electron chi connectivity index (χ4n) is 2.58. The van der Waals surface area contributed by atoms with Crippen molar-refractivity contribution in [2.24, 2.45) is 0 Å². The topological polar surface area (TPSA) is 71.6 Å². The molecule has 0 aliphatic carbocycles. The van der Waals surface area contributed by atoms with Gasteiger partial charge in [0.15, 0.2) is 11.5 Å². The van der Waals surface area contributed by atoms with Crippen molar-refractivity contribution in [3.8, 4) is 23.0 Å². The maximum absolute atomic E-state index is 10.1. The summed E-state index contributed by atoms with van der Waals surface area (Å²) in [6.07, 6.45) is 4.79. The van der Waals surface area contributed by atoms with Gasteiger partial charge in [-0.15, -0.1) is 0 Å². The second-order valence-electron chi connectivity index (χ2n) is 5.16. The number of methoxy groups -OCH3 is 1. The van der Waals surface area contributed by atoms with Gasteiger partial charge in [-0.05, 0) is 30.1 Å². The lowest BCUT2D eigenvalue weighted by Gasteiger charge is -2.16. The molecule has 2 aromatic rings. The van der Waals surface area contributed by atoms with Gasteiger partial charge in [-0.1, -0.05) is 18.9 Å². The van der Waals surface area contributed by atoms with Crippen molar-refractivity contribution in [2.45, 2.75) is 25.7 Å². The minimum atomic E-state index is 0.0195. The molecule has 0 saturated carbocycles. The molecule has 1 aliphatic rings. The second kappa shape index (κ2) is 6.03. The van der Waals surface area contributed by atoms with Gasteiger partial charge in [0.2, 0.25) is 0 Å². The number of aromatic nitrogens is 2. The van der Waals surface area contributed by atoms with E-state index in [-0.39, 0.29) is 5.75 Å². The third-order valence-electron chi connectivity index (χ3n) is 3.75. The van der Waals surface area contributed by atoms with Gasteiger partial charge in [-0.3, -0.25) is 0 Å². The minimum Gasteiger partial charge on any atom is -0.504 e. The molecule has 1 N–H and O–H groups in total. The van der Waals surface area contributed by atoms with Crippen LogP contribution in [0.3, 0.4) is 0 Å². The number of aromatic hydroxyl groups is 1. The number of phenols is 1. The summed E-state index contributed by atoms with van der Waals surface area (Å²) in [6.45, 7) is 1.89. The smallest absolute Gasteiger partial charge is 0.266 e. The van der Waals surface area contributed by atoms with E-state index < -0.39 is 0 Å². The van der Waals surface area contributed by atoms with Gasteiger partial charge in [-0.2, -0.15) is 4.98 Å². The van der Waals surface area contributed by atoms with Crippen molar-refractivity contribution < 1.29 is 14.4 Å². The zero-order chi connectivity index (χ0) is 14.7. The maximum atomic E-state index is 10.1. The Hall–Kier alpha value is -2.24. The highest BCUT2D eigenvalue weighted by Gasteiger charge is 2.19. The molecule has 1 fully saturated rings. The van der Waals surface area contributed by atoms with E-state index in [0.29, 0.717) is 23.2 Å². The third-order valence-corrected chi connectivity index (χ3v) is 3.75. The molecule has 112 valence electrons. The van der Waals surface area contributed by atoms with Crippen LogP contribution in [0.1, 0.15) is 25.7 Å². The molecule has 1 aliphatic heterocycles. The summed E-state index contributed by atoms with van der Waals surface area (Å²) in [5, 5.41) is 14.2. The first-order valence-electron chi connectivity index (χ1n) is 7.24. The molecule has 2 heterocycles. The van der Waals surface area contributed by atoms with Gasteiger partial charge in [0.25, 0.3) is 11.8 Å². The zero-order valence-electron chi connectivity index (χ0n) is 12.1. The maximum Gasteiger partial charge on any atom is 0.266 e. The standard InChI is InChI=1S/C15H19N3O3/c1-20-12-8-6-7-11(13(12)19)14-16-15(17-21-14)18-9-4-2-3-5-10-18/h6-8,19H,2-5,9-10H2,1H3. The largest absolute Gasteiger partial charge is 0.504 e. The molecular weight excluding hydrogens is 270 g/mol. The van der Waals surface area contributed by atoms with E-state index in [0.717, 1.165) is 25.9 Å². The number of anilines is 1. The molecule has 21 heavy (non-hydrogen) atoms. The predicted molar refractivity (Wildman–Crippen MR) is 78.6 cm³/mol. The van der Waals surface area contributed by atoms with Crippen LogP contribution in [-0.2, 0) is 0 Å². The first kappa shape index (κ1) is 13.7. The Morgan fingerprint density at radius 3 is 2.67 bits per heavy atom. The lowest BCUT2D eigenvalue weighted by atomic mass is 10.2. The average molecular weight is 289 g/mol. The normalized spacial score (nSPS) is 15.8. The number of para-hydroxylation sites is 1. The number of phenolic OH excluding ortho intramolecular Hbond substituents is 1. The van der Waals surface area contributed by atoms with Gasteiger partial charge in [0.1, 0.15) is 0 Å². The second-order valence-corrected chi connectivity index (χ2v) is 5.16. The molecule has 0 amide bonds. The molecule has 0 spiro atoms. The van der Waals surface area contributed by atoms with Crippen molar-refractivity contribution in [3.05, 3.63) is 18.2 Å². The van der Waals surface area contributed by atoms with Crippen LogP contribution in [0.25, 0.3) is 11.5 Å².